The zero-order valence-electron chi connectivity index (χ0n) is 24.0. The van der Waals surface area contributed by atoms with Gasteiger partial charge in [-0.1, -0.05) is 176 Å². The number of allylic oxidation sites excluding steroid dienone is 1. The summed E-state index contributed by atoms with van der Waals surface area (Å²) in [5, 5.41) is 2.61. The van der Waals surface area contributed by atoms with Crippen molar-refractivity contribution in [2.45, 2.75) is 38.2 Å². The van der Waals surface area contributed by atoms with Gasteiger partial charge in [0.15, 0.2) is 8.07 Å². The van der Waals surface area contributed by atoms with Crippen LogP contribution in [0.5, 0.6) is 0 Å². The third-order valence-electron chi connectivity index (χ3n) is 7.99. The first kappa shape index (κ1) is 28.4. The monoisotopic (exact) mass is 550 g/mol. The Morgan fingerprint density at radius 2 is 1.37 bits per heavy atom. The molecule has 1 aromatic heterocycles. The van der Waals surface area contributed by atoms with Gasteiger partial charge < -0.3 is 4.57 Å². The van der Waals surface area contributed by atoms with Gasteiger partial charge in [-0.2, -0.15) is 0 Å². The van der Waals surface area contributed by atoms with Crippen LogP contribution in [0, 0.1) is 0 Å². The molecule has 2 nitrogen and oxygen atoms in total. The zero-order chi connectivity index (χ0) is 28.3. The Hall–Kier alpha value is -4.15. The average Bonchev–Trinajstić information content (AvgIpc) is 3.74. The van der Waals surface area contributed by atoms with Crippen LogP contribution < -0.4 is 16.1 Å². The van der Waals surface area contributed by atoms with Crippen LogP contribution in [0.1, 0.15) is 31.7 Å². The quantitative estimate of drug-likeness (QED) is 0.171. The number of aromatic nitrogens is 2. The molecule has 1 aliphatic rings. The van der Waals surface area contributed by atoms with Gasteiger partial charge in [-0.15, -0.1) is 0 Å². The molecule has 0 spiro atoms. The van der Waals surface area contributed by atoms with E-state index >= 15 is 0 Å². The van der Waals surface area contributed by atoms with E-state index in [4.69, 9.17) is 0 Å². The fraction of sp³-hybridized carbons (Fsp3) is 0.162. The van der Waals surface area contributed by atoms with Crippen molar-refractivity contribution >= 4 is 36.1 Å². The van der Waals surface area contributed by atoms with Crippen LogP contribution in [0.2, 0.25) is 5.82 Å². The molecule has 6 rings (SSSR count). The largest absolute Gasteiger partial charge is 0.339 e. The third kappa shape index (κ3) is 7.14. The normalized spacial score (nSPS) is 14.1. The lowest BCUT2D eigenvalue weighted by atomic mass is 9.37. The van der Waals surface area contributed by atoms with Crippen LogP contribution in [-0.4, -0.2) is 24.3 Å². The molecule has 0 aliphatic heterocycles. The molecule has 5 aromatic rings. The summed E-state index contributed by atoms with van der Waals surface area (Å²) in [5.41, 5.74) is 6.60. The maximum Gasteiger partial charge on any atom is 0.212 e. The van der Waals surface area contributed by atoms with Gasteiger partial charge in [0.25, 0.3) is 0 Å². The second-order valence-electron chi connectivity index (χ2n) is 10.9. The van der Waals surface area contributed by atoms with E-state index in [1.54, 1.807) is 0 Å². The molecule has 1 atom stereocenters. The Balaban J connectivity index is 0.000000181. The van der Waals surface area contributed by atoms with Gasteiger partial charge in [0.1, 0.15) is 0 Å². The molecule has 41 heavy (non-hydrogen) atoms. The second-order valence-corrected chi connectivity index (χ2v) is 14.6. The molecule has 1 aliphatic carbocycles. The van der Waals surface area contributed by atoms with E-state index in [0.29, 0.717) is 6.71 Å². The Kier molecular flexibility index (Phi) is 9.66. The molecule has 0 radical (unpaired) electrons. The van der Waals surface area contributed by atoms with Crippen LogP contribution >= 0.6 is 0 Å². The Morgan fingerprint density at radius 1 is 0.829 bits per heavy atom. The minimum atomic E-state index is -2.19. The van der Waals surface area contributed by atoms with Crippen LogP contribution in [-0.2, 0) is 6.17 Å². The SMILES string of the molecule is C=C(c1ccccc1)[Si](C=CCC)(Cn1ccnc1)c1ccccc1.c1ccc(B(c2ccccc2)C2CC2)cc1. The smallest absolute Gasteiger partial charge is 0.212 e. The first-order valence-corrected chi connectivity index (χ1v) is 17.0. The molecule has 0 bridgehead atoms. The van der Waals surface area contributed by atoms with Gasteiger partial charge in [-0.3, -0.25) is 0 Å². The first-order valence-electron chi connectivity index (χ1n) is 14.7. The summed E-state index contributed by atoms with van der Waals surface area (Å²) in [5.74, 6) is 0.866. The van der Waals surface area contributed by atoms with Crippen molar-refractivity contribution in [3.63, 3.8) is 0 Å². The fourth-order valence-corrected chi connectivity index (χ4v) is 9.81. The predicted molar refractivity (Wildman–Crippen MR) is 180 cm³/mol. The summed E-state index contributed by atoms with van der Waals surface area (Å²) in [6, 6.07) is 43.2. The molecule has 204 valence electrons. The molecule has 4 aromatic carbocycles. The van der Waals surface area contributed by atoms with Gasteiger partial charge in [-0.25, -0.2) is 4.98 Å². The summed E-state index contributed by atoms with van der Waals surface area (Å²) in [4.78, 5) is 4.24. The van der Waals surface area contributed by atoms with Crippen molar-refractivity contribution in [1.29, 1.82) is 0 Å². The van der Waals surface area contributed by atoms with Crippen LogP contribution in [0.15, 0.2) is 158 Å². The number of hydrogen-bond donors (Lipinski definition) is 0. The molecule has 1 saturated carbocycles. The van der Waals surface area contributed by atoms with Crippen LogP contribution in [0.4, 0.5) is 0 Å². The Morgan fingerprint density at radius 3 is 1.85 bits per heavy atom. The molecule has 4 heteroatoms. The van der Waals surface area contributed by atoms with E-state index in [9.17, 15) is 0 Å². The number of benzene rings is 4. The van der Waals surface area contributed by atoms with Gasteiger partial charge in [0.2, 0.25) is 6.71 Å². The fourth-order valence-electron chi connectivity index (χ4n) is 5.72. The molecule has 1 fully saturated rings. The predicted octanol–water partition coefficient (Wildman–Crippen LogP) is 7.00. The number of rotatable bonds is 10. The van der Waals surface area contributed by atoms with Gasteiger partial charge in [0, 0.05) is 18.6 Å². The maximum absolute atomic E-state index is 4.58. The molecule has 0 saturated heterocycles. The number of nitrogens with zero attached hydrogens (tertiary/aromatic N) is 2. The number of imidazole rings is 1. The molecular weight excluding hydrogens is 511 g/mol. The maximum atomic E-state index is 4.58. The highest BCUT2D eigenvalue weighted by Crippen LogP contribution is 2.38. The van der Waals surface area contributed by atoms with Gasteiger partial charge in [0.05, 0.1) is 6.33 Å². The third-order valence-corrected chi connectivity index (χ3v) is 12.4. The average molecular weight is 551 g/mol. The van der Waals surface area contributed by atoms with E-state index < -0.39 is 8.07 Å². The first-order chi connectivity index (χ1) is 20.2. The van der Waals surface area contributed by atoms with Gasteiger partial charge in [-0.05, 0) is 22.4 Å². The van der Waals surface area contributed by atoms with Crippen molar-refractivity contribution in [1.82, 2.24) is 9.55 Å². The number of hydrogen-bond acceptors (Lipinski definition) is 1. The summed E-state index contributed by atoms with van der Waals surface area (Å²) in [6.07, 6.45) is 12.8. The van der Waals surface area contributed by atoms with Crippen LogP contribution in [0.3, 0.4) is 0 Å². The van der Waals surface area contributed by atoms with Crippen LogP contribution in [0.25, 0.3) is 5.20 Å². The highest BCUT2D eigenvalue weighted by molar-refractivity contribution is 7.08. The van der Waals surface area contributed by atoms with E-state index in [1.165, 1.54) is 39.7 Å². The summed E-state index contributed by atoms with van der Waals surface area (Å²) in [6.45, 7) is 7.38. The topological polar surface area (TPSA) is 17.8 Å². The molecule has 0 amide bonds. The summed E-state index contributed by atoms with van der Waals surface area (Å²) >= 11 is 0. The Labute approximate surface area is 247 Å². The minimum absolute atomic E-state index is 0.613. The summed E-state index contributed by atoms with van der Waals surface area (Å²) in [7, 11) is -2.19. The highest BCUT2D eigenvalue weighted by atomic mass is 28.3. The van der Waals surface area contributed by atoms with Crippen molar-refractivity contribution in [3.05, 3.63) is 164 Å². The van der Waals surface area contributed by atoms with E-state index in [0.717, 1.165) is 18.4 Å². The van der Waals surface area contributed by atoms with Gasteiger partial charge >= 0.3 is 0 Å². The lowest BCUT2D eigenvalue weighted by molar-refractivity contribution is 0.862. The van der Waals surface area contributed by atoms with Crippen molar-refractivity contribution < 1.29 is 0 Å². The molecular formula is C37H39BN2Si. The molecule has 0 N–H and O–H groups in total. The molecule has 1 heterocycles. The molecule has 1 unspecified atom stereocenters. The lowest BCUT2D eigenvalue weighted by Gasteiger charge is -2.32. The van der Waals surface area contributed by atoms with Crippen molar-refractivity contribution in [2.24, 2.45) is 0 Å². The highest BCUT2D eigenvalue weighted by Gasteiger charge is 2.37. The van der Waals surface area contributed by atoms with E-state index in [2.05, 4.69) is 156 Å². The van der Waals surface area contributed by atoms with Crippen molar-refractivity contribution in [2.75, 3.05) is 0 Å². The van der Waals surface area contributed by atoms with E-state index in [1.807, 2.05) is 18.7 Å². The minimum Gasteiger partial charge on any atom is -0.339 e. The van der Waals surface area contributed by atoms with E-state index in [-0.39, 0.29) is 0 Å². The van der Waals surface area contributed by atoms with Crippen molar-refractivity contribution in [3.8, 4) is 0 Å². The second kappa shape index (κ2) is 14.0. The standard InChI is InChI=1S/C22H24N2Si.C15H15B/c1-3-4-17-25(19-24-16-15-23-18-24,22-13-9-6-10-14-22)20(2)21-11-7-5-8-12-21;1-3-7-13(8-4-1)16(15-11-12-15)14-9-5-2-6-10-14/h4-18H,2-3,19H2,1H3;1-10,15H,11-12H2. The zero-order valence-corrected chi connectivity index (χ0v) is 25.0. The lowest BCUT2D eigenvalue weighted by Crippen LogP contribution is -2.51. The summed E-state index contributed by atoms with van der Waals surface area (Å²) < 4.78 is 2.19. The Bertz CT molecular complexity index is 1460.